The molecule has 0 atom stereocenters. The van der Waals surface area contributed by atoms with Gasteiger partial charge in [-0.3, -0.25) is 0 Å². The maximum atomic E-state index is 5.49. The van der Waals surface area contributed by atoms with E-state index in [4.69, 9.17) is 9.47 Å². The minimum Gasteiger partial charge on any atom is -0.379 e. The fourth-order valence-corrected chi connectivity index (χ4v) is 2.05. The standard InChI is InChI=1S/C14H29BrO2/c1-2-11-16-13-14-17-12-9-7-5-3-4-6-8-10-15/h2-14H2,1H3. The van der Waals surface area contributed by atoms with E-state index < -0.39 is 0 Å². The topological polar surface area (TPSA) is 18.5 Å². The van der Waals surface area contributed by atoms with Crippen molar-refractivity contribution in [1.29, 1.82) is 0 Å². The first-order valence-corrected chi connectivity index (χ1v) is 8.25. The van der Waals surface area contributed by atoms with Crippen molar-refractivity contribution >= 4 is 15.9 Å². The van der Waals surface area contributed by atoms with Crippen molar-refractivity contribution in [3.63, 3.8) is 0 Å². The molecule has 0 saturated heterocycles. The molecule has 2 nitrogen and oxygen atoms in total. The van der Waals surface area contributed by atoms with Gasteiger partial charge in [0.1, 0.15) is 0 Å². The normalized spacial score (nSPS) is 10.9. The van der Waals surface area contributed by atoms with Gasteiger partial charge in [0.05, 0.1) is 13.2 Å². The highest BCUT2D eigenvalue weighted by Crippen LogP contribution is 2.07. The third kappa shape index (κ3) is 16.4. The number of rotatable bonds is 14. The summed E-state index contributed by atoms with van der Waals surface area (Å²) in [5.41, 5.74) is 0. The van der Waals surface area contributed by atoms with Gasteiger partial charge in [-0.2, -0.15) is 0 Å². The molecule has 0 rings (SSSR count). The number of alkyl halides is 1. The van der Waals surface area contributed by atoms with Crippen LogP contribution in [0.15, 0.2) is 0 Å². The molecular weight excluding hydrogens is 280 g/mol. The predicted octanol–water partition coefficient (Wildman–Crippen LogP) is 4.56. The number of halogens is 1. The molecule has 0 bridgehead atoms. The molecule has 3 heteroatoms. The Bertz CT molecular complexity index is 117. The van der Waals surface area contributed by atoms with E-state index in [1.54, 1.807) is 0 Å². The van der Waals surface area contributed by atoms with E-state index in [0.717, 1.165) is 38.2 Å². The summed E-state index contributed by atoms with van der Waals surface area (Å²) in [5.74, 6) is 0. The molecule has 0 unspecified atom stereocenters. The van der Waals surface area contributed by atoms with Crippen molar-refractivity contribution in [3.05, 3.63) is 0 Å². The Morgan fingerprint density at radius 1 is 0.647 bits per heavy atom. The van der Waals surface area contributed by atoms with Gasteiger partial charge in [-0.1, -0.05) is 55.0 Å². The lowest BCUT2D eigenvalue weighted by Crippen LogP contribution is -2.05. The molecule has 0 aliphatic heterocycles. The second-order valence-corrected chi connectivity index (χ2v) is 5.18. The molecule has 0 heterocycles. The second kappa shape index (κ2) is 16.4. The number of ether oxygens (including phenoxy) is 2. The smallest absolute Gasteiger partial charge is 0.0700 e. The van der Waals surface area contributed by atoms with E-state index in [1.807, 2.05) is 0 Å². The average molecular weight is 309 g/mol. The van der Waals surface area contributed by atoms with E-state index >= 15 is 0 Å². The number of hydrogen-bond donors (Lipinski definition) is 0. The summed E-state index contributed by atoms with van der Waals surface area (Å²) in [6, 6.07) is 0. The lowest BCUT2D eigenvalue weighted by atomic mass is 10.1. The fraction of sp³-hybridized carbons (Fsp3) is 1.00. The van der Waals surface area contributed by atoms with Gasteiger partial charge >= 0.3 is 0 Å². The Kier molecular flexibility index (Phi) is 16.8. The largest absolute Gasteiger partial charge is 0.379 e. The van der Waals surface area contributed by atoms with Crippen molar-refractivity contribution in [1.82, 2.24) is 0 Å². The van der Waals surface area contributed by atoms with Gasteiger partial charge in [0.2, 0.25) is 0 Å². The molecule has 0 aromatic heterocycles. The zero-order valence-corrected chi connectivity index (χ0v) is 13.0. The molecule has 0 saturated carbocycles. The highest BCUT2D eigenvalue weighted by Gasteiger charge is 1.92. The fourth-order valence-electron chi connectivity index (χ4n) is 1.65. The molecule has 0 fully saturated rings. The molecule has 104 valence electrons. The summed E-state index contributed by atoms with van der Waals surface area (Å²) in [4.78, 5) is 0. The van der Waals surface area contributed by atoms with Crippen LogP contribution in [0, 0.1) is 0 Å². The highest BCUT2D eigenvalue weighted by atomic mass is 79.9. The van der Waals surface area contributed by atoms with Crippen LogP contribution in [0.3, 0.4) is 0 Å². The molecule has 0 aromatic carbocycles. The van der Waals surface area contributed by atoms with Gasteiger partial charge in [-0.05, 0) is 19.3 Å². The van der Waals surface area contributed by atoms with Gasteiger partial charge in [0, 0.05) is 18.5 Å². The maximum Gasteiger partial charge on any atom is 0.0700 e. The lowest BCUT2D eigenvalue weighted by molar-refractivity contribution is 0.0465. The lowest BCUT2D eigenvalue weighted by Gasteiger charge is -2.05. The van der Waals surface area contributed by atoms with Crippen molar-refractivity contribution in [3.8, 4) is 0 Å². The molecule has 0 N–H and O–H groups in total. The Morgan fingerprint density at radius 3 is 1.76 bits per heavy atom. The molecule has 0 amide bonds. The molecule has 0 aromatic rings. The van der Waals surface area contributed by atoms with Gasteiger partial charge in [-0.25, -0.2) is 0 Å². The van der Waals surface area contributed by atoms with Gasteiger partial charge in [0.15, 0.2) is 0 Å². The summed E-state index contributed by atoms with van der Waals surface area (Å²) in [5, 5.41) is 1.15. The van der Waals surface area contributed by atoms with Crippen molar-refractivity contribution in [2.75, 3.05) is 31.8 Å². The third-order valence-electron chi connectivity index (χ3n) is 2.64. The molecule has 0 radical (unpaired) electrons. The van der Waals surface area contributed by atoms with Crippen molar-refractivity contribution in [2.45, 2.75) is 58.3 Å². The summed E-state index contributed by atoms with van der Waals surface area (Å²) in [7, 11) is 0. The Hall–Kier alpha value is 0.400. The second-order valence-electron chi connectivity index (χ2n) is 4.39. The molecule has 0 aliphatic carbocycles. The SMILES string of the molecule is CCCOCCOCCCCCCCCCBr. The Morgan fingerprint density at radius 2 is 1.18 bits per heavy atom. The molecule has 17 heavy (non-hydrogen) atoms. The van der Waals surface area contributed by atoms with Crippen LogP contribution in [0.25, 0.3) is 0 Å². The minimum absolute atomic E-state index is 0.750. The van der Waals surface area contributed by atoms with Crippen LogP contribution < -0.4 is 0 Å². The van der Waals surface area contributed by atoms with Crippen LogP contribution in [0.4, 0.5) is 0 Å². The first-order chi connectivity index (χ1) is 8.41. The average Bonchev–Trinajstić information content (AvgIpc) is 2.35. The minimum atomic E-state index is 0.750. The highest BCUT2D eigenvalue weighted by molar-refractivity contribution is 9.09. The van der Waals surface area contributed by atoms with Crippen LogP contribution in [-0.4, -0.2) is 31.8 Å². The Balaban J connectivity index is 2.85. The zero-order chi connectivity index (χ0) is 12.6. The van der Waals surface area contributed by atoms with E-state index in [-0.39, 0.29) is 0 Å². The summed E-state index contributed by atoms with van der Waals surface area (Å²) in [6.07, 6.45) is 10.4. The summed E-state index contributed by atoms with van der Waals surface area (Å²) >= 11 is 3.46. The van der Waals surface area contributed by atoms with E-state index in [2.05, 4.69) is 22.9 Å². The predicted molar refractivity (Wildman–Crippen MR) is 78.0 cm³/mol. The molecule has 0 aliphatic rings. The molecular formula is C14H29BrO2. The van der Waals surface area contributed by atoms with Crippen molar-refractivity contribution < 1.29 is 9.47 Å². The van der Waals surface area contributed by atoms with E-state index in [0.29, 0.717) is 0 Å². The van der Waals surface area contributed by atoms with Gasteiger partial charge in [0.25, 0.3) is 0 Å². The van der Waals surface area contributed by atoms with Crippen LogP contribution in [0.2, 0.25) is 0 Å². The van der Waals surface area contributed by atoms with E-state index in [1.165, 1.54) is 44.9 Å². The zero-order valence-electron chi connectivity index (χ0n) is 11.4. The van der Waals surface area contributed by atoms with E-state index in [9.17, 15) is 0 Å². The summed E-state index contributed by atoms with van der Waals surface area (Å²) in [6.45, 7) is 5.39. The first-order valence-electron chi connectivity index (χ1n) is 7.13. The molecule has 0 spiro atoms. The van der Waals surface area contributed by atoms with Crippen molar-refractivity contribution in [2.24, 2.45) is 0 Å². The van der Waals surface area contributed by atoms with Crippen LogP contribution >= 0.6 is 15.9 Å². The van der Waals surface area contributed by atoms with Gasteiger partial charge < -0.3 is 9.47 Å². The summed E-state index contributed by atoms with van der Waals surface area (Å²) < 4.78 is 10.8. The first kappa shape index (κ1) is 17.4. The number of unbranched alkanes of at least 4 members (excludes halogenated alkanes) is 6. The Labute approximate surface area is 116 Å². The van der Waals surface area contributed by atoms with Crippen LogP contribution in [0.5, 0.6) is 0 Å². The van der Waals surface area contributed by atoms with Crippen LogP contribution in [-0.2, 0) is 9.47 Å². The monoisotopic (exact) mass is 308 g/mol. The van der Waals surface area contributed by atoms with Gasteiger partial charge in [-0.15, -0.1) is 0 Å². The number of hydrogen-bond acceptors (Lipinski definition) is 2. The van der Waals surface area contributed by atoms with Crippen LogP contribution in [0.1, 0.15) is 58.3 Å². The third-order valence-corrected chi connectivity index (χ3v) is 3.20. The quantitative estimate of drug-likeness (QED) is 0.346. The maximum absolute atomic E-state index is 5.49.